The molecule has 2 aromatic heterocycles. The summed E-state index contributed by atoms with van der Waals surface area (Å²) in [5.41, 5.74) is 0.251. The number of fused-ring (bicyclic) bond motifs is 1. The Balaban J connectivity index is 2.58. The van der Waals surface area contributed by atoms with Crippen LogP contribution in [0.3, 0.4) is 0 Å². The van der Waals surface area contributed by atoms with Gasteiger partial charge in [0.15, 0.2) is 0 Å². The monoisotopic (exact) mass is 248 g/mol. The lowest BCUT2D eigenvalue weighted by molar-refractivity contribution is 0.0586. The molecule has 2 heterocycles. The highest BCUT2D eigenvalue weighted by Crippen LogP contribution is 2.21. The standard InChI is InChI=1S/C13H16N2O3/c1-13(2,17)8-15-7-10(12(16)18-3)9-5-4-6-14-11(9)15/h4-7,17H,8H2,1-3H3. The zero-order valence-corrected chi connectivity index (χ0v) is 10.7. The lowest BCUT2D eigenvalue weighted by atomic mass is 10.1. The highest BCUT2D eigenvalue weighted by molar-refractivity contribution is 6.03. The van der Waals surface area contributed by atoms with E-state index in [0.717, 1.165) is 5.39 Å². The quantitative estimate of drug-likeness (QED) is 0.838. The number of ether oxygens (including phenoxy) is 1. The van der Waals surface area contributed by atoms with Crippen LogP contribution in [-0.4, -0.2) is 33.3 Å². The van der Waals surface area contributed by atoms with Crippen molar-refractivity contribution >= 4 is 17.0 Å². The van der Waals surface area contributed by atoms with E-state index in [1.165, 1.54) is 7.11 Å². The van der Waals surface area contributed by atoms with Gasteiger partial charge in [0, 0.05) is 17.8 Å². The molecule has 0 spiro atoms. The van der Waals surface area contributed by atoms with E-state index >= 15 is 0 Å². The van der Waals surface area contributed by atoms with Gasteiger partial charge in [0.2, 0.25) is 0 Å². The van der Waals surface area contributed by atoms with Crippen molar-refractivity contribution in [1.82, 2.24) is 9.55 Å². The molecular weight excluding hydrogens is 232 g/mol. The van der Waals surface area contributed by atoms with E-state index in [-0.39, 0.29) is 0 Å². The third-order valence-corrected chi connectivity index (χ3v) is 2.60. The Kier molecular flexibility index (Phi) is 3.09. The van der Waals surface area contributed by atoms with Crippen LogP contribution < -0.4 is 0 Å². The van der Waals surface area contributed by atoms with Crippen molar-refractivity contribution in [3.05, 3.63) is 30.1 Å². The van der Waals surface area contributed by atoms with Crippen molar-refractivity contribution < 1.29 is 14.6 Å². The van der Waals surface area contributed by atoms with E-state index < -0.39 is 11.6 Å². The van der Waals surface area contributed by atoms with Gasteiger partial charge in [-0.1, -0.05) is 0 Å². The van der Waals surface area contributed by atoms with E-state index in [1.54, 1.807) is 36.9 Å². The van der Waals surface area contributed by atoms with Crippen molar-refractivity contribution in [3.63, 3.8) is 0 Å². The Labute approximate surface area is 105 Å². The predicted octanol–water partition coefficient (Wildman–Crippen LogP) is 1.59. The van der Waals surface area contributed by atoms with E-state index in [2.05, 4.69) is 4.98 Å². The summed E-state index contributed by atoms with van der Waals surface area (Å²) in [6.07, 6.45) is 3.33. The van der Waals surface area contributed by atoms with Gasteiger partial charge in [-0.25, -0.2) is 9.78 Å². The third-order valence-electron chi connectivity index (χ3n) is 2.60. The van der Waals surface area contributed by atoms with Crippen LogP contribution in [0, 0.1) is 0 Å². The van der Waals surface area contributed by atoms with E-state index in [4.69, 9.17) is 4.74 Å². The molecule has 0 unspecified atom stereocenters. The molecule has 1 N–H and O–H groups in total. The van der Waals surface area contributed by atoms with Gasteiger partial charge >= 0.3 is 5.97 Å². The second-order valence-electron chi connectivity index (χ2n) is 4.85. The first kappa shape index (κ1) is 12.6. The molecule has 0 saturated carbocycles. The maximum atomic E-state index is 11.7. The number of pyridine rings is 1. The Morgan fingerprint density at radius 3 is 2.89 bits per heavy atom. The molecule has 0 amide bonds. The molecule has 0 atom stereocenters. The number of methoxy groups -OCH3 is 1. The van der Waals surface area contributed by atoms with Gasteiger partial charge in [0.1, 0.15) is 5.65 Å². The maximum absolute atomic E-state index is 11.7. The second-order valence-corrected chi connectivity index (χ2v) is 4.85. The van der Waals surface area contributed by atoms with Gasteiger partial charge < -0.3 is 14.4 Å². The van der Waals surface area contributed by atoms with Gasteiger partial charge in [-0.3, -0.25) is 0 Å². The van der Waals surface area contributed by atoms with Crippen molar-refractivity contribution in [2.75, 3.05) is 7.11 Å². The molecule has 0 bridgehead atoms. The van der Waals surface area contributed by atoms with Gasteiger partial charge in [-0.15, -0.1) is 0 Å². The summed E-state index contributed by atoms with van der Waals surface area (Å²) in [5, 5.41) is 10.6. The fraction of sp³-hybridized carbons (Fsp3) is 0.385. The number of hydrogen-bond donors (Lipinski definition) is 1. The molecule has 96 valence electrons. The molecule has 0 radical (unpaired) electrons. The minimum absolute atomic E-state index is 0.359. The molecule has 0 aliphatic rings. The fourth-order valence-electron chi connectivity index (χ4n) is 1.93. The molecule has 0 fully saturated rings. The van der Waals surface area contributed by atoms with Crippen LogP contribution >= 0.6 is 0 Å². The Morgan fingerprint density at radius 1 is 1.56 bits per heavy atom. The molecule has 0 saturated heterocycles. The molecule has 0 aromatic carbocycles. The van der Waals surface area contributed by atoms with E-state index in [9.17, 15) is 9.90 Å². The highest BCUT2D eigenvalue weighted by atomic mass is 16.5. The summed E-state index contributed by atoms with van der Waals surface area (Å²) in [5.74, 6) is -0.400. The van der Waals surface area contributed by atoms with Gasteiger partial charge in [0.05, 0.1) is 24.8 Å². The Bertz CT molecular complexity index is 581. The first-order valence-electron chi connectivity index (χ1n) is 5.67. The number of esters is 1. The van der Waals surface area contributed by atoms with E-state index in [0.29, 0.717) is 17.8 Å². The molecule has 0 aliphatic heterocycles. The third kappa shape index (κ3) is 2.36. The lowest BCUT2D eigenvalue weighted by Gasteiger charge is -2.18. The molecule has 2 aromatic rings. The minimum Gasteiger partial charge on any atom is -0.465 e. The van der Waals surface area contributed by atoms with Crippen LogP contribution in [0.4, 0.5) is 0 Å². The van der Waals surface area contributed by atoms with Gasteiger partial charge in [-0.05, 0) is 26.0 Å². The van der Waals surface area contributed by atoms with Crippen molar-refractivity contribution in [3.8, 4) is 0 Å². The first-order chi connectivity index (χ1) is 8.42. The Morgan fingerprint density at radius 2 is 2.28 bits per heavy atom. The molecule has 18 heavy (non-hydrogen) atoms. The van der Waals surface area contributed by atoms with Crippen LogP contribution in [0.2, 0.25) is 0 Å². The van der Waals surface area contributed by atoms with Gasteiger partial charge in [-0.2, -0.15) is 0 Å². The summed E-state index contributed by atoms with van der Waals surface area (Å²) in [7, 11) is 1.35. The first-order valence-corrected chi connectivity index (χ1v) is 5.67. The number of aromatic nitrogens is 2. The zero-order valence-electron chi connectivity index (χ0n) is 10.7. The summed E-state index contributed by atoms with van der Waals surface area (Å²) < 4.78 is 6.51. The highest BCUT2D eigenvalue weighted by Gasteiger charge is 2.20. The van der Waals surface area contributed by atoms with Crippen LogP contribution in [-0.2, 0) is 11.3 Å². The molecule has 5 heteroatoms. The number of carbonyl (C=O) groups is 1. The van der Waals surface area contributed by atoms with Crippen LogP contribution in [0.15, 0.2) is 24.5 Å². The molecule has 5 nitrogen and oxygen atoms in total. The fourth-order valence-corrected chi connectivity index (χ4v) is 1.93. The van der Waals surface area contributed by atoms with Crippen LogP contribution in [0.1, 0.15) is 24.2 Å². The molecule has 2 rings (SSSR count). The van der Waals surface area contributed by atoms with Crippen molar-refractivity contribution in [1.29, 1.82) is 0 Å². The second kappa shape index (κ2) is 4.42. The predicted molar refractivity (Wildman–Crippen MR) is 67.4 cm³/mol. The summed E-state index contributed by atoms with van der Waals surface area (Å²) >= 11 is 0. The maximum Gasteiger partial charge on any atom is 0.340 e. The number of carbonyl (C=O) groups excluding carboxylic acids is 1. The number of hydrogen-bond acceptors (Lipinski definition) is 4. The SMILES string of the molecule is COC(=O)c1cn(CC(C)(C)O)c2ncccc12. The zero-order chi connectivity index (χ0) is 13.3. The van der Waals surface area contributed by atoms with Crippen molar-refractivity contribution in [2.24, 2.45) is 0 Å². The number of rotatable bonds is 3. The summed E-state index contributed by atoms with van der Waals surface area (Å²) in [4.78, 5) is 15.9. The lowest BCUT2D eigenvalue weighted by Crippen LogP contribution is -2.25. The number of aliphatic hydroxyl groups is 1. The smallest absolute Gasteiger partial charge is 0.340 e. The number of nitrogens with zero attached hydrogens (tertiary/aromatic N) is 2. The normalized spacial score (nSPS) is 11.8. The van der Waals surface area contributed by atoms with E-state index in [1.807, 2.05) is 6.07 Å². The average Bonchev–Trinajstić information content (AvgIpc) is 2.65. The minimum atomic E-state index is -0.878. The van der Waals surface area contributed by atoms with Crippen LogP contribution in [0.25, 0.3) is 11.0 Å². The topological polar surface area (TPSA) is 64.3 Å². The molecular formula is C13H16N2O3. The molecule has 0 aliphatic carbocycles. The summed E-state index contributed by atoms with van der Waals surface area (Å²) in [6.45, 7) is 3.77. The van der Waals surface area contributed by atoms with Gasteiger partial charge in [0.25, 0.3) is 0 Å². The van der Waals surface area contributed by atoms with Crippen LogP contribution in [0.5, 0.6) is 0 Å². The average molecular weight is 248 g/mol. The largest absolute Gasteiger partial charge is 0.465 e. The van der Waals surface area contributed by atoms with Crippen molar-refractivity contribution in [2.45, 2.75) is 26.0 Å². The summed E-state index contributed by atoms with van der Waals surface area (Å²) in [6, 6.07) is 3.58. The Hall–Kier alpha value is -1.88.